The van der Waals surface area contributed by atoms with Crippen LogP contribution < -0.4 is 11.1 Å². The lowest BCUT2D eigenvalue weighted by molar-refractivity contribution is -0.122. The first-order valence-corrected chi connectivity index (χ1v) is 6.91. The van der Waals surface area contributed by atoms with E-state index in [0.717, 1.165) is 18.8 Å². The van der Waals surface area contributed by atoms with Gasteiger partial charge in [-0.15, -0.1) is 0 Å². The number of nitrogens with one attached hydrogen (secondary N) is 1. The van der Waals surface area contributed by atoms with Crippen molar-refractivity contribution in [3.8, 4) is 0 Å². The van der Waals surface area contributed by atoms with Gasteiger partial charge in [0.25, 0.3) is 0 Å². The Morgan fingerprint density at radius 2 is 2.12 bits per heavy atom. The summed E-state index contributed by atoms with van der Waals surface area (Å²) in [6.07, 6.45) is 5.12. The zero-order chi connectivity index (χ0) is 12.7. The molecule has 0 heterocycles. The average molecular weight is 238 g/mol. The second-order valence-corrected chi connectivity index (χ2v) is 6.62. The quantitative estimate of drug-likeness (QED) is 0.787. The maximum absolute atomic E-state index is 11.8. The highest BCUT2D eigenvalue weighted by Gasteiger charge is 2.61. The van der Waals surface area contributed by atoms with Crippen molar-refractivity contribution in [3.63, 3.8) is 0 Å². The van der Waals surface area contributed by atoms with Crippen LogP contribution in [0.2, 0.25) is 0 Å². The molecule has 3 nitrogen and oxygen atoms in total. The standard InChI is InChI=1S/C14H26N2O/c1-13(2)10-6-7-14(13,3)11(9-10)16-12(17)5-4-8-15/h10-11H,4-9,15H2,1-3H3,(H,16,17). The molecule has 1 amide bonds. The van der Waals surface area contributed by atoms with Gasteiger partial charge in [0.05, 0.1) is 0 Å². The minimum atomic E-state index is 0.185. The van der Waals surface area contributed by atoms with Gasteiger partial charge in [-0.25, -0.2) is 0 Å². The van der Waals surface area contributed by atoms with E-state index in [2.05, 4.69) is 26.1 Å². The fraction of sp³-hybridized carbons (Fsp3) is 0.929. The third-order valence-corrected chi connectivity index (χ3v) is 5.74. The molecular weight excluding hydrogens is 212 g/mol. The Balaban J connectivity index is 1.98. The van der Waals surface area contributed by atoms with Gasteiger partial charge in [0.15, 0.2) is 0 Å². The highest BCUT2D eigenvalue weighted by atomic mass is 16.1. The van der Waals surface area contributed by atoms with Crippen molar-refractivity contribution in [2.24, 2.45) is 22.5 Å². The molecule has 3 heteroatoms. The lowest BCUT2D eigenvalue weighted by Crippen LogP contribution is -2.46. The van der Waals surface area contributed by atoms with Gasteiger partial charge in [-0.2, -0.15) is 0 Å². The molecule has 2 aliphatic rings. The van der Waals surface area contributed by atoms with Crippen LogP contribution in [0.5, 0.6) is 0 Å². The highest BCUT2D eigenvalue weighted by molar-refractivity contribution is 5.76. The summed E-state index contributed by atoms with van der Waals surface area (Å²) in [6.45, 7) is 7.70. The first-order valence-electron chi connectivity index (χ1n) is 6.91. The van der Waals surface area contributed by atoms with Crippen LogP contribution in [0, 0.1) is 16.7 Å². The molecule has 0 aromatic heterocycles. The van der Waals surface area contributed by atoms with E-state index in [1.165, 1.54) is 12.8 Å². The molecule has 2 rings (SSSR count). The molecule has 0 aromatic carbocycles. The molecule has 0 spiro atoms. The second-order valence-electron chi connectivity index (χ2n) is 6.62. The topological polar surface area (TPSA) is 55.1 Å². The largest absolute Gasteiger partial charge is 0.353 e. The predicted molar refractivity (Wildman–Crippen MR) is 69.4 cm³/mol. The maximum Gasteiger partial charge on any atom is 0.220 e. The smallest absolute Gasteiger partial charge is 0.220 e. The number of rotatable bonds is 4. The Kier molecular flexibility index (Phi) is 3.23. The Morgan fingerprint density at radius 3 is 2.59 bits per heavy atom. The predicted octanol–water partition coefficient (Wildman–Crippen LogP) is 2.06. The molecule has 2 fully saturated rings. The summed E-state index contributed by atoms with van der Waals surface area (Å²) in [5.41, 5.74) is 6.10. The molecule has 17 heavy (non-hydrogen) atoms. The molecule has 2 bridgehead atoms. The van der Waals surface area contributed by atoms with Crippen molar-refractivity contribution in [1.82, 2.24) is 5.32 Å². The Labute approximate surface area is 105 Å². The molecule has 0 aliphatic heterocycles. The van der Waals surface area contributed by atoms with Crippen LogP contribution >= 0.6 is 0 Å². The number of carbonyl (C=O) groups is 1. The first kappa shape index (κ1) is 12.9. The van der Waals surface area contributed by atoms with Crippen LogP contribution in [0.3, 0.4) is 0 Å². The average Bonchev–Trinajstić information content (AvgIpc) is 2.59. The van der Waals surface area contributed by atoms with Crippen LogP contribution in [0.1, 0.15) is 52.9 Å². The molecule has 3 unspecified atom stereocenters. The number of carbonyl (C=O) groups excluding carboxylic acids is 1. The van der Waals surface area contributed by atoms with Crippen LogP contribution in [0.15, 0.2) is 0 Å². The number of fused-ring (bicyclic) bond motifs is 2. The molecule has 98 valence electrons. The molecular formula is C14H26N2O. The Hall–Kier alpha value is -0.570. The lowest BCUT2D eigenvalue weighted by atomic mass is 9.69. The summed E-state index contributed by atoms with van der Waals surface area (Å²) in [5.74, 6) is 0.970. The maximum atomic E-state index is 11.8. The monoisotopic (exact) mass is 238 g/mol. The van der Waals surface area contributed by atoms with Gasteiger partial charge in [0, 0.05) is 12.5 Å². The van der Waals surface area contributed by atoms with Gasteiger partial charge >= 0.3 is 0 Å². The summed E-state index contributed by atoms with van der Waals surface area (Å²) >= 11 is 0. The molecule has 0 saturated heterocycles. The highest BCUT2D eigenvalue weighted by Crippen LogP contribution is 2.65. The summed E-state index contributed by atoms with van der Waals surface area (Å²) < 4.78 is 0. The Bertz CT molecular complexity index is 313. The van der Waals surface area contributed by atoms with E-state index in [9.17, 15) is 4.79 Å². The summed E-state index contributed by atoms with van der Waals surface area (Å²) in [4.78, 5) is 11.8. The molecule has 2 saturated carbocycles. The minimum absolute atomic E-state index is 0.185. The summed E-state index contributed by atoms with van der Waals surface area (Å²) in [6, 6.07) is 0.376. The van der Waals surface area contributed by atoms with E-state index in [4.69, 9.17) is 5.73 Å². The van der Waals surface area contributed by atoms with Gasteiger partial charge in [-0.3, -0.25) is 4.79 Å². The van der Waals surface area contributed by atoms with Crippen molar-refractivity contribution < 1.29 is 4.79 Å². The number of hydrogen-bond acceptors (Lipinski definition) is 2. The molecule has 0 radical (unpaired) electrons. The molecule has 0 aromatic rings. The lowest BCUT2D eigenvalue weighted by Gasteiger charge is -2.39. The van der Waals surface area contributed by atoms with Crippen molar-refractivity contribution in [2.45, 2.75) is 58.9 Å². The van der Waals surface area contributed by atoms with Gasteiger partial charge in [0.1, 0.15) is 0 Å². The molecule has 3 N–H and O–H groups in total. The normalized spacial score (nSPS) is 38.4. The first-order chi connectivity index (χ1) is 7.91. The third kappa shape index (κ3) is 1.88. The SMILES string of the molecule is CC1(C)C2CCC1(C)C(NC(=O)CCCN)C2. The van der Waals surface area contributed by atoms with Crippen LogP contribution in [0.4, 0.5) is 0 Å². The van der Waals surface area contributed by atoms with E-state index < -0.39 is 0 Å². The van der Waals surface area contributed by atoms with Crippen molar-refractivity contribution >= 4 is 5.91 Å². The van der Waals surface area contributed by atoms with Gasteiger partial charge in [-0.1, -0.05) is 20.8 Å². The fourth-order valence-corrected chi connectivity index (χ4v) is 3.95. The van der Waals surface area contributed by atoms with E-state index in [-0.39, 0.29) is 11.3 Å². The van der Waals surface area contributed by atoms with Crippen LogP contribution in [-0.4, -0.2) is 18.5 Å². The second kappa shape index (κ2) is 4.27. The van der Waals surface area contributed by atoms with Crippen molar-refractivity contribution in [1.29, 1.82) is 0 Å². The number of hydrogen-bond donors (Lipinski definition) is 2. The van der Waals surface area contributed by atoms with Crippen LogP contribution in [-0.2, 0) is 4.79 Å². The van der Waals surface area contributed by atoms with Gasteiger partial charge < -0.3 is 11.1 Å². The zero-order valence-electron chi connectivity index (χ0n) is 11.4. The molecule has 3 atom stereocenters. The van der Waals surface area contributed by atoms with E-state index in [1.807, 2.05) is 0 Å². The summed E-state index contributed by atoms with van der Waals surface area (Å²) in [5, 5.41) is 3.25. The minimum Gasteiger partial charge on any atom is -0.353 e. The fourth-order valence-electron chi connectivity index (χ4n) is 3.95. The Morgan fingerprint density at radius 1 is 1.41 bits per heavy atom. The van der Waals surface area contributed by atoms with Gasteiger partial charge in [0.2, 0.25) is 5.91 Å². The van der Waals surface area contributed by atoms with E-state index >= 15 is 0 Å². The third-order valence-electron chi connectivity index (χ3n) is 5.74. The van der Waals surface area contributed by atoms with E-state index in [0.29, 0.717) is 24.4 Å². The number of nitrogens with two attached hydrogens (primary N) is 1. The summed E-state index contributed by atoms with van der Waals surface area (Å²) in [7, 11) is 0. The van der Waals surface area contributed by atoms with Crippen molar-refractivity contribution in [3.05, 3.63) is 0 Å². The van der Waals surface area contributed by atoms with Gasteiger partial charge in [-0.05, 0) is 49.0 Å². The molecule has 2 aliphatic carbocycles. The van der Waals surface area contributed by atoms with E-state index in [1.54, 1.807) is 0 Å². The van der Waals surface area contributed by atoms with Crippen molar-refractivity contribution in [2.75, 3.05) is 6.54 Å². The van der Waals surface area contributed by atoms with Crippen LogP contribution in [0.25, 0.3) is 0 Å². The number of amides is 1. The zero-order valence-corrected chi connectivity index (χ0v) is 11.4.